The molecule has 68 valence electrons. The Morgan fingerprint density at radius 1 is 1.58 bits per heavy atom. The minimum atomic E-state index is 0.567. The van der Waals surface area contributed by atoms with E-state index in [9.17, 15) is 0 Å². The lowest BCUT2D eigenvalue weighted by Gasteiger charge is -2.21. The molecule has 1 rings (SSSR count). The van der Waals surface area contributed by atoms with E-state index in [1.165, 1.54) is 25.7 Å². The van der Waals surface area contributed by atoms with Crippen molar-refractivity contribution in [3.8, 4) is 11.8 Å². The van der Waals surface area contributed by atoms with Gasteiger partial charge in [-0.3, -0.25) is 0 Å². The molecule has 1 fully saturated rings. The molecule has 2 atom stereocenters. The summed E-state index contributed by atoms with van der Waals surface area (Å²) < 4.78 is 0. The lowest BCUT2D eigenvalue weighted by atomic mass is 9.84. The fraction of sp³-hybridized carbons (Fsp3) is 0.818. The van der Waals surface area contributed by atoms with Crippen LogP contribution in [0.1, 0.15) is 46.0 Å². The molecule has 0 nitrogen and oxygen atoms in total. The number of halogens is 1. The number of rotatable bonds is 2. The highest BCUT2D eigenvalue weighted by Crippen LogP contribution is 2.44. The molecule has 0 radical (unpaired) electrons. The van der Waals surface area contributed by atoms with Crippen LogP contribution in [0.25, 0.3) is 0 Å². The molecule has 0 aromatic carbocycles. The van der Waals surface area contributed by atoms with Gasteiger partial charge in [0.1, 0.15) is 0 Å². The Morgan fingerprint density at radius 3 is 2.83 bits per heavy atom. The van der Waals surface area contributed by atoms with Crippen molar-refractivity contribution in [3.63, 3.8) is 0 Å². The summed E-state index contributed by atoms with van der Waals surface area (Å²) in [5.41, 5.74) is 0.567. The lowest BCUT2D eigenvalue weighted by molar-refractivity contribution is 0.314. The maximum absolute atomic E-state index is 3.69. The van der Waals surface area contributed by atoms with Gasteiger partial charge in [-0.2, -0.15) is 0 Å². The van der Waals surface area contributed by atoms with Gasteiger partial charge in [0, 0.05) is 11.2 Å². The summed E-state index contributed by atoms with van der Waals surface area (Å²) in [6.45, 7) is 4.32. The Balaban J connectivity index is 2.33. The molecule has 1 saturated carbocycles. The minimum Gasteiger partial charge on any atom is -0.107 e. The third-order valence-corrected chi connectivity index (χ3v) is 3.59. The highest BCUT2D eigenvalue weighted by Gasteiger charge is 2.32. The molecule has 2 unspecified atom stereocenters. The zero-order valence-corrected chi connectivity index (χ0v) is 9.58. The van der Waals surface area contributed by atoms with Gasteiger partial charge in [0.2, 0.25) is 0 Å². The van der Waals surface area contributed by atoms with Crippen molar-refractivity contribution in [1.82, 2.24) is 0 Å². The zero-order valence-electron chi connectivity index (χ0n) is 7.99. The Labute approximate surface area is 84.2 Å². The van der Waals surface area contributed by atoms with E-state index in [2.05, 4.69) is 34.7 Å². The maximum Gasteiger partial charge on any atom is 0.0151 e. The van der Waals surface area contributed by atoms with Gasteiger partial charge >= 0.3 is 0 Å². The van der Waals surface area contributed by atoms with E-state index >= 15 is 0 Å². The van der Waals surface area contributed by atoms with Crippen LogP contribution in [0.5, 0.6) is 0 Å². The van der Waals surface area contributed by atoms with Gasteiger partial charge in [0.25, 0.3) is 0 Å². The molecule has 0 N–H and O–H groups in total. The second-order valence-corrected chi connectivity index (χ2v) is 5.37. The average molecular weight is 229 g/mol. The molecular weight excluding hydrogens is 212 g/mol. The van der Waals surface area contributed by atoms with Gasteiger partial charge in [-0.05, 0) is 38.0 Å². The monoisotopic (exact) mass is 228 g/mol. The predicted octanol–water partition coefficient (Wildman–Crippen LogP) is 3.74. The Kier molecular flexibility index (Phi) is 3.65. The molecule has 0 bridgehead atoms. The summed E-state index contributed by atoms with van der Waals surface area (Å²) in [6, 6.07) is 0. The first-order chi connectivity index (χ1) is 5.66. The molecule has 0 amide bonds. The summed E-state index contributed by atoms with van der Waals surface area (Å²) >= 11 is 3.69. The molecule has 0 aromatic heterocycles. The van der Waals surface area contributed by atoms with Crippen molar-refractivity contribution in [1.29, 1.82) is 0 Å². The van der Waals surface area contributed by atoms with Crippen LogP contribution < -0.4 is 0 Å². The van der Waals surface area contributed by atoms with Gasteiger partial charge in [-0.25, -0.2) is 0 Å². The first-order valence-corrected chi connectivity index (χ1v) is 5.61. The highest BCUT2D eigenvalue weighted by molar-refractivity contribution is 9.09. The van der Waals surface area contributed by atoms with Crippen molar-refractivity contribution in [3.05, 3.63) is 0 Å². The van der Waals surface area contributed by atoms with Crippen LogP contribution >= 0.6 is 15.9 Å². The average Bonchev–Trinajstić information content (AvgIpc) is 2.32. The van der Waals surface area contributed by atoms with Crippen LogP contribution in [0.2, 0.25) is 0 Å². The van der Waals surface area contributed by atoms with E-state index in [-0.39, 0.29) is 0 Å². The predicted molar refractivity (Wildman–Crippen MR) is 57.4 cm³/mol. The number of hydrogen-bond donors (Lipinski definition) is 0. The molecule has 1 aliphatic carbocycles. The van der Waals surface area contributed by atoms with Crippen LogP contribution in [-0.4, -0.2) is 4.83 Å². The van der Waals surface area contributed by atoms with Crippen molar-refractivity contribution in [2.75, 3.05) is 0 Å². The van der Waals surface area contributed by atoms with E-state index < -0.39 is 0 Å². The zero-order chi connectivity index (χ0) is 9.03. The molecule has 12 heavy (non-hydrogen) atoms. The van der Waals surface area contributed by atoms with Crippen LogP contribution in [0, 0.1) is 17.3 Å². The Hall–Kier alpha value is 0.0400. The SMILES string of the molecule is CC#CCCC1(C)CCC(Br)C1. The first kappa shape index (κ1) is 10.1. The summed E-state index contributed by atoms with van der Waals surface area (Å²) in [5.74, 6) is 6.11. The summed E-state index contributed by atoms with van der Waals surface area (Å²) in [4.78, 5) is 0.761. The molecule has 0 saturated heterocycles. The Bertz CT molecular complexity index is 199. The summed E-state index contributed by atoms with van der Waals surface area (Å²) in [5, 5.41) is 0. The smallest absolute Gasteiger partial charge is 0.0151 e. The largest absolute Gasteiger partial charge is 0.107 e. The van der Waals surface area contributed by atoms with Crippen molar-refractivity contribution in [2.45, 2.75) is 50.8 Å². The molecular formula is C11H17Br. The fourth-order valence-corrected chi connectivity index (χ4v) is 2.97. The molecule has 0 spiro atoms. The van der Waals surface area contributed by atoms with Crippen LogP contribution in [0.3, 0.4) is 0 Å². The van der Waals surface area contributed by atoms with E-state index in [1.807, 2.05) is 6.92 Å². The van der Waals surface area contributed by atoms with E-state index in [4.69, 9.17) is 0 Å². The molecule has 1 aliphatic rings. The highest BCUT2D eigenvalue weighted by atomic mass is 79.9. The van der Waals surface area contributed by atoms with Gasteiger partial charge in [0.15, 0.2) is 0 Å². The third kappa shape index (κ3) is 2.83. The second-order valence-electron chi connectivity index (χ2n) is 4.08. The molecule has 0 heterocycles. The topological polar surface area (TPSA) is 0 Å². The first-order valence-electron chi connectivity index (χ1n) is 4.70. The number of alkyl halides is 1. The van der Waals surface area contributed by atoms with Gasteiger partial charge in [-0.1, -0.05) is 22.9 Å². The standard InChI is InChI=1S/C11H17Br/c1-3-4-5-7-11(2)8-6-10(12)9-11/h10H,5-9H2,1-2H3. The van der Waals surface area contributed by atoms with Crippen LogP contribution in [-0.2, 0) is 0 Å². The molecule has 1 heteroatoms. The number of hydrogen-bond acceptors (Lipinski definition) is 0. The van der Waals surface area contributed by atoms with Gasteiger partial charge < -0.3 is 0 Å². The maximum atomic E-state index is 3.69. The van der Waals surface area contributed by atoms with E-state index in [0.29, 0.717) is 5.41 Å². The summed E-state index contributed by atoms with van der Waals surface area (Å²) in [7, 11) is 0. The van der Waals surface area contributed by atoms with E-state index in [1.54, 1.807) is 0 Å². The fourth-order valence-electron chi connectivity index (χ4n) is 1.96. The lowest BCUT2D eigenvalue weighted by Crippen LogP contribution is -2.11. The molecule has 0 aliphatic heterocycles. The van der Waals surface area contributed by atoms with E-state index in [0.717, 1.165) is 11.2 Å². The van der Waals surface area contributed by atoms with Crippen LogP contribution in [0.15, 0.2) is 0 Å². The quantitative estimate of drug-likeness (QED) is 0.499. The van der Waals surface area contributed by atoms with Crippen LogP contribution in [0.4, 0.5) is 0 Å². The van der Waals surface area contributed by atoms with Crippen molar-refractivity contribution in [2.24, 2.45) is 5.41 Å². The third-order valence-electron chi connectivity index (χ3n) is 2.81. The minimum absolute atomic E-state index is 0.567. The van der Waals surface area contributed by atoms with Gasteiger partial charge in [-0.15, -0.1) is 11.8 Å². The van der Waals surface area contributed by atoms with Gasteiger partial charge in [0.05, 0.1) is 0 Å². The second kappa shape index (κ2) is 4.33. The Morgan fingerprint density at radius 2 is 2.33 bits per heavy atom. The normalized spacial score (nSPS) is 34.4. The van der Waals surface area contributed by atoms with Crippen molar-refractivity contribution < 1.29 is 0 Å². The van der Waals surface area contributed by atoms with Crippen molar-refractivity contribution >= 4 is 15.9 Å². The summed E-state index contributed by atoms with van der Waals surface area (Å²) in [6.07, 6.45) is 6.39. The molecule has 0 aromatic rings.